The Bertz CT molecular complexity index is 335. The van der Waals surface area contributed by atoms with Gasteiger partial charge in [-0.25, -0.2) is 8.42 Å². The van der Waals surface area contributed by atoms with Crippen LogP contribution >= 0.6 is 0 Å². The van der Waals surface area contributed by atoms with E-state index in [4.69, 9.17) is 0 Å². The SMILES string of the molecule is CCCNC(CC1CC1)CC1CCS(=O)(=O)C1. The summed E-state index contributed by atoms with van der Waals surface area (Å²) in [7, 11) is -2.70. The average Bonchev–Trinajstić information content (AvgIpc) is 3.00. The molecule has 2 unspecified atom stereocenters. The molecule has 0 aromatic carbocycles. The maximum absolute atomic E-state index is 11.5. The molecule has 2 fully saturated rings. The molecule has 0 aromatic rings. The fourth-order valence-corrected chi connectivity index (χ4v) is 4.71. The van der Waals surface area contributed by atoms with Gasteiger partial charge in [-0.1, -0.05) is 19.8 Å². The van der Waals surface area contributed by atoms with Gasteiger partial charge >= 0.3 is 0 Å². The second-order valence-corrected chi connectivity index (χ2v) is 8.06. The largest absolute Gasteiger partial charge is 0.314 e. The molecule has 17 heavy (non-hydrogen) atoms. The van der Waals surface area contributed by atoms with Crippen molar-refractivity contribution in [2.45, 2.75) is 51.5 Å². The third-order valence-corrected chi connectivity index (χ3v) is 5.78. The maximum Gasteiger partial charge on any atom is 0.150 e. The molecule has 1 saturated heterocycles. The van der Waals surface area contributed by atoms with Gasteiger partial charge in [0.2, 0.25) is 0 Å². The minimum Gasteiger partial charge on any atom is -0.314 e. The van der Waals surface area contributed by atoms with Gasteiger partial charge in [-0.05, 0) is 44.1 Å². The first-order valence-corrected chi connectivity index (χ1v) is 8.85. The Morgan fingerprint density at radius 1 is 1.18 bits per heavy atom. The van der Waals surface area contributed by atoms with Crippen molar-refractivity contribution in [1.29, 1.82) is 0 Å². The Kier molecular flexibility index (Phi) is 4.47. The lowest BCUT2D eigenvalue weighted by Crippen LogP contribution is -2.32. The number of sulfone groups is 1. The van der Waals surface area contributed by atoms with E-state index in [1.54, 1.807) is 0 Å². The summed E-state index contributed by atoms with van der Waals surface area (Å²) in [6.07, 6.45) is 7.13. The quantitative estimate of drug-likeness (QED) is 0.760. The predicted octanol–water partition coefficient (Wildman–Crippen LogP) is 1.98. The van der Waals surface area contributed by atoms with Gasteiger partial charge in [0.15, 0.2) is 9.84 Å². The molecule has 1 heterocycles. The number of hydrogen-bond donors (Lipinski definition) is 1. The molecule has 1 aliphatic heterocycles. The number of hydrogen-bond acceptors (Lipinski definition) is 3. The van der Waals surface area contributed by atoms with E-state index >= 15 is 0 Å². The predicted molar refractivity (Wildman–Crippen MR) is 70.8 cm³/mol. The van der Waals surface area contributed by atoms with E-state index in [9.17, 15) is 8.42 Å². The highest BCUT2D eigenvalue weighted by Crippen LogP contribution is 2.35. The highest BCUT2D eigenvalue weighted by atomic mass is 32.2. The lowest BCUT2D eigenvalue weighted by atomic mass is 9.95. The van der Waals surface area contributed by atoms with Crippen LogP contribution in [0.5, 0.6) is 0 Å². The Morgan fingerprint density at radius 3 is 2.41 bits per heavy atom. The van der Waals surface area contributed by atoms with Crippen LogP contribution in [0.2, 0.25) is 0 Å². The maximum atomic E-state index is 11.5. The van der Waals surface area contributed by atoms with Crippen LogP contribution in [0, 0.1) is 11.8 Å². The van der Waals surface area contributed by atoms with Crippen molar-refractivity contribution in [3.8, 4) is 0 Å². The summed E-state index contributed by atoms with van der Waals surface area (Å²) in [6.45, 7) is 3.25. The van der Waals surface area contributed by atoms with Crippen LogP contribution in [-0.2, 0) is 9.84 Å². The summed E-state index contributed by atoms with van der Waals surface area (Å²) in [6, 6.07) is 0.556. The van der Waals surface area contributed by atoms with Crippen molar-refractivity contribution in [3.63, 3.8) is 0 Å². The topological polar surface area (TPSA) is 46.2 Å². The Labute approximate surface area is 105 Å². The van der Waals surface area contributed by atoms with E-state index in [0.29, 0.717) is 23.5 Å². The van der Waals surface area contributed by atoms with Gasteiger partial charge < -0.3 is 5.32 Å². The van der Waals surface area contributed by atoms with E-state index in [1.807, 2.05) is 0 Å². The minimum atomic E-state index is -2.70. The van der Waals surface area contributed by atoms with Crippen LogP contribution in [0.3, 0.4) is 0 Å². The molecule has 0 radical (unpaired) electrons. The fourth-order valence-electron chi connectivity index (χ4n) is 2.83. The summed E-state index contributed by atoms with van der Waals surface area (Å²) >= 11 is 0. The van der Waals surface area contributed by atoms with Gasteiger partial charge in [-0.15, -0.1) is 0 Å². The smallest absolute Gasteiger partial charge is 0.150 e. The van der Waals surface area contributed by atoms with E-state index in [1.165, 1.54) is 19.3 Å². The molecule has 3 nitrogen and oxygen atoms in total. The van der Waals surface area contributed by atoms with Crippen molar-refractivity contribution in [2.24, 2.45) is 11.8 Å². The van der Waals surface area contributed by atoms with Gasteiger partial charge in [0.1, 0.15) is 0 Å². The third-order valence-electron chi connectivity index (χ3n) is 3.94. The first-order valence-electron chi connectivity index (χ1n) is 7.03. The summed E-state index contributed by atoms with van der Waals surface area (Å²) in [4.78, 5) is 0. The van der Waals surface area contributed by atoms with Crippen molar-refractivity contribution < 1.29 is 8.42 Å². The summed E-state index contributed by atoms with van der Waals surface area (Å²) < 4.78 is 22.9. The molecule has 100 valence electrons. The molecule has 0 amide bonds. The summed E-state index contributed by atoms with van der Waals surface area (Å²) in [5.74, 6) is 2.18. The molecule has 1 saturated carbocycles. The first kappa shape index (κ1) is 13.3. The molecule has 1 N–H and O–H groups in total. The van der Waals surface area contributed by atoms with E-state index in [-0.39, 0.29) is 0 Å². The first-order chi connectivity index (χ1) is 8.09. The molecule has 4 heteroatoms. The van der Waals surface area contributed by atoms with Crippen molar-refractivity contribution >= 4 is 9.84 Å². The fraction of sp³-hybridized carbons (Fsp3) is 1.00. The van der Waals surface area contributed by atoms with E-state index in [0.717, 1.165) is 31.7 Å². The van der Waals surface area contributed by atoms with Gasteiger partial charge in [-0.2, -0.15) is 0 Å². The highest BCUT2D eigenvalue weighted by molar-refractivity contribution is 7.91. The zero-order chi connectivity index (χ0) is 12.3. The van der Waals surface area contributed by atoms with Crippen LogP contribution in [0.4, 0.5) is 0 Å². The Balaban J connectivity index is 1.79. The highest BCUT2D eigenvalue weighted by Gasteiger charge is 2.32. The molecule has 1 aliphatic carbocycles. The second kappa shape index (κ2) is 5.70. The lowest BCUT2D eigenvalue weighted by Gasteiger charge is -2.21. The normalized spacial score (nSPS) is 29.4. The number of rotatable bonds is 7. The molecular formula is C13H25NO2S. The molecule has 2 rings (SSSR count). The van der Waals surface area contributed by atoms with Crippen LogP contribution in [0.15, 0.2) is 0 Å². The average molecular weight is 259 g/mol. The second-order valence-electron chi connectivity index (χ2n) is 5.83. The molecule has 2 aliphatic rings. The van der Waals surface area contributed by atoms with Crippen molar-refractivity contribution in [3.05, 3.63) is 0 Å². The minimum absolute atomic E-state index is 0.410. The van der Waals surface area contributed by atoms with Gasteiger partial charge in [0.25, 0.3) is 0 Å². The number of nitrogens with one attached hydrogen (secondary N) is 1. The van der Waals surface area contributed by atoms with Crippen molar-refractivity contribution in [2.75, 3.05) is 18.1 Å². The van der Waals surface area contributed by atoms with Crippen molar-refractivity contribution in [1.82, 2.24) is 5.32 Å². The zero-order valence-corrected chi connectivity index (χ0v) is 11.6. The summed E-state index contributed by atoms with van der Waals surface area (Å²) in [5, 5.41) is 3.60. The van der Waals surface area contributed by atoms with Crippen LogP contribution in [-0.4, -0.2) is 32.5 Å². The molecule has 0 aromatic heterocycles. The Hall–Kier alpha value is -0.0900. The molecule has 0 bridgehead atoms. The third kappa shape index (κ3) is 4.59. The zero-order valence-electron chi connectivity index (χ0n) is 10.8. The van der Waals surface area contributed by atoms with Gasteiger partial charge in [-0.3, -0.25) is 0 Å². The molecular weight excluding hydrogens is 234 g/mol. The van der Waals surface area contributed by atoms with E-state index in [2.05, 4.69) is 12.2 Å². The molecule has 0 spiro atoms. The standard InChI is InChI=1S/C13H25NO2S/c1-2-6-14-13(8-11-3-4-11)9-12-5-7-17(15,16)10-12/h11-14H,2-10H2,1H3. The Morgan fingerprint density at radius 2 is 1.88 bits per heavy atom. The monoisotopic (exact) mass is 259 g/mol. The molecule has 2 atom stereocenters. The van der Waals surface area contributed by atoms with E-state index < -0.39 is 9.84 Å². The van der Waals surface area contributed by atoms with Gasteiger partial charge in [0.05, 0.1) is 11.5 Å². The summed E-state index contributed by atoms with van der Waals surface area (Å²) in [5.41, 5.74) is 0. The van der Waals surface area contributed by atoms with Crippen LogP contribution < -0.4 is 5.32 Å². The van der Waals surface area contributed by atoms with Crippen LogP contribution in [0.25, 0.3) is 0 Å². The van der Waals surface area contributed by atoms with Crippen LogP contribution in [0.1, 0.15) is 45.4 Å². The lowest BCUT2D eigenvalue weighted by molar-refractivity contribution is 0.374. The van der Waals surface area contributed by atoms with Gasteiger partial charge in [0, 0.05) is 6.04 Å².